The molecule has 358 valence electrons. The van der Waals surface area contributed by atoms with Gasteiger partial charge in [-0.3, -0.25) is 44.1 Å². The van der Waals surface area contributed by atoms with Crippen LogP contribution in [0.15, 0.2) is 24.3 Å². The standard InChI is InChI=1S/C40H63N3O11S.C3H3N3O2S/c1-10-38(7,32(48)54-36(2,3)4)22-39(8,29(44)45)23-40(9,31(47)52-17-16-51-15-12-18-55-35-42-33(49)41-34(50)43-35)21-37(5,6)30(46)53-28-20-24-19-27(28)26-14-11-13-25(24)26;7-1-4-2(8)6-3(9)5-1/h24-28H,10-23H2,1-9H3,(H,44,45)(H2,41,42,43,49,50);(H3,4,5,6,7,8,9). The third kappa shape index (κ3) is 14.1. The molecule has 5 rings (SSSR count). The van der Waals surface area contributed by atoms with E-state index >= 15 is 0 Å². The first-order valence-corrected chi connectivity index (χ1v) is 23.3. The van der Waals surface area contributed by atoms with E-state index in [1.54, 1.807) is 55.4 Å². The maximum absolute atomic E-state index is 14.2. The number of aliphatic carboxylic acids is 1. The zero-order valence-electron chi connectivity index (χ0n) is 38.4. The van der Waals surface area contributed by atoms with Crippen molar-refractivity contribution in [2.24, 2.45) is 45.3 Å². The molecular weight excluding hydrogens is 873 g/mol. The highest BCUT2D eigenvalue weighted by Crippen LogP contribution is 2.60. The van der Waals surface area contributed by atoms with Gasteiger partial charge in [-0.1, -0.05) is 25.1 Å². The maximum atomic E-state index is 14.2. The quantitative estimate of drug-likeness (QED) is 0.0333. The second kappa shape index (κ2) is 21.3. The van der Waals surface area contributed by atoms with Crippen molar-refractivity contribution < 1.29 is 43.2 Å². The number of esters is 3. The average Bonchev–Trinajstić information content (AvgIpc) is 3.89. The number of carboxylic acid groups (broad SMARTS) is 1. The normalized spacial score (nSPS) is 23.0. The molecule has 0 saturated heterocycles. The summed E-state index contributed by atoms with van der Waals surface area (Å²) in [5, 5.41) is 10.9. The minimum absolute atomic E-state index is 0.0313. The van der Waals surface area contributed by atoms with Crippen molar-refractivity contribution in [1.82, 2.24) is 29.9 Å². The number of ether oxygens (including phenoxy) is 4. The molecule has 3 fully saturated rings. The van der Waals surface area contributed by atoms with E-state index in [0.29, 0.717) is 43.0 Å². The number of hydrogen-bond donors (Lipinski definition) is 6. The summed E-state index contributed by atoms with van der Waals surface area (Å²) in [6, 6.07) is 0. The van der Waals surface area contributed by atoms with Gasteiger partial charge in [-0.25, -0.2) is 19.2 Å². The summed E-state index contributed by atoms with van der Waals surface area (Å²) >= 11 is 5.65. The number of rotatable bonds is 20. The number of aromatic nitrogens is 6. The molecule has 3 aliphatic rings. The topological polar surface area (TPSA) is 286 Å². The van der Waals surface area contributed by atoms with Gasteiger partial charge in [-0.2, -0.15) is 4.98 Å². The summed E-state index contributed by atoms with van der Waals surface area (Å²) in [6.45, 7) is 15.7. The molecule has 19 nitrogen and oxygen atoms in total. The van der Waals surface area contributed by atoms with Crippen LogP contribution in [0.1, 0.15) is 127 Å². The van der Waals surface area contributed by atoms with Crippen LogP contribution in [-0.4, -0.2) is 96.2 Å². The first-order chi connectivity index (χ1) is 29.7. The molecule has 2 bridgehead atoms. The van der Waals surface area contributed by atoms with Crippen molar-refractivity contribution in [3.63, 3.8) is 0 Å². The third-order valence-electron chi connectivity index (χ3n) is 12.7. The van der Waals surface area contributed by atoms with Gasteiger partial charge in [0, 0.05) is 12.4 Å². The van der Waals surface area contributed by atoms with Gasteiger partial charge in [0.2, 0.25) is 0 Å². The van der Waals surface area contributed by atoms with Crippen LogP contribution in [0.2, 0.25) is 0 Å². The lowest BCUT2D eigenvalue weighted by atomic mass is 9.61. The third-order valence-corrected chi connectivity index (χ3v) is 13.9. The lowest BCUT2D eigenvalue weighted by molar-refractivity contribution is -0.175. The minimum atomic E-state index is -1.59. The number of H-pyrrole nitrogens is 5. The Morgan fingerprint density at radius 3 is 1.95 bits per heavy atom. The number of carbonyl (C=O) groups is 4. The van der Waals surface area contributed by atoms with Crippen molar-refractivity contribution >= 4 is 47.9 Å². The summed E-state index contributed by atoms with van der Waals surface area (Å²) in [6.07, 6.45) is 5.98. The lowest BCUT2D eigenvalue weighted by Crippen LogP contribution is -2.47. The van der Waals surface area contributed by atoms with Crippen LogP contribution in [0.5, 0.6) is 0 Å². The van der Waals surface area contributed by atoms with Gasteiger partial charge in [0.25, 0.3) is 0 Å². The molecule has 3 aliphatic carbocycles. The molecule has 2 heterocycles. The van der Waals surface area contributed by atoms with Crippen LogP contribution < -0.4 is 22.8 Å². The Morgan fingerprint density at radius 2 is 1.36 bits per heavy atom. The molecule has 21 heteroatoms. The first kappa shape index (κ1) is 52.3. The van der Waals surface area contributed by atoms with Gasteiger partial charge in [0.05, 0.1) is 28.3 Å². The van der Waals surface area contributed by atoms with Crippen molar-refractivity contribution in [3.8, 4) is 0 Å². The monoisotopic (exact) mass is 938 g/mol. The highest BCUT2D eigenvalue weighted by molar-refractivity contribution is 7.99. The van der Waals surface area contributed by atoms with Crippen molar-refractivity contribution in [1.29, 1.82) is 0 Å². The molecule has 2 aromatic rings. The second-order valence-electron chi connectivity index (χ2n) is 20.0. The predicted octanol–water partition coefficient (Wildman–Crippen LogP) is 5.04. The van der Waals surface area contributed by atoms with Gasteiger partial charge in [-0.05, 0) is 149 Å². The molecule has 0 radical (unpaired) electrons. The number of nitrogens with one attached hydrogen (secondary N) is 5. The Balaban J connectivity index is 0.000000885. The van der Waals surface area contributed by atoms with Crippen LogP contribution in [0.25, 0.3) is 0 Å². The van der Waals surface area contributed by atoms with E-state index in [1.165, 1.54) is 37.9 Å². The highest BCUT2D eigenvalue weighted by Gasteiger charge is 2.57. The Morgan fingerprint density at radius 1 is 0.734 bits per heavy atom. The zero-order chi connectivity index (χ0) is 47.8. The van der Waals surface area contributed by atoms with Crippen LogP contribution >= 0.6 is 24.0 Å². The number of hydrogen-bond acceptors (Lipinski definition) is 15. The highest BCUT2D eigenvalue weighted by atomic mass is 32.2. The molecule has 0 aromatic carbocycles. The predicted molar refractivity (Wildman–Crippen MR) is 238 cm³/mol. The fourth-order valence-corrected chi connectivity index (χ4v) is 11.0. The van der Waals surface area contributed by atoms with E-state index < -0.39 is 73.9 Å². The van der Waals surface area contributed by atoms with Crippen molar-refractivity contribution in [2.45, 2.75) is 143 Å². The van der Waals surface area contributed by atoms with E-state index in [4.69, 9.17) is 18.9 Å². The van der Waals surface area contributed by atoms with Gasteiger partial charge >= 0.3 is 46.6 Å². The molecular formula is C43H66N6O13S2. The number of carboxylic acids is 1. The smallest absolute Gasteiger partial charge is 0.351 e. The van der Waals surface area contributed by atoms with Gasteiger partial charge in [-0.15, -0.1) is 0 Å². The Bertz CT molecular complexity index is 2170. The fourth-order valence-electron chi connectivity index (χ4n) is 10.0. The van der Waals surface area contributed by atoms with Crippen molar-refractivity contribution in [3.05, 3.63) is 46.7 Å². The Labute approximate surface area is 380 Å². The largest absolute Gasteiger partial charge is 0.481 e. The maximum Gasteiger partial charge on any atom is 0.351 e. The SMILES string of the molecule is CCC(C)(CC(C)(CC(C)(CC(C)(C)C(=O)OC1CC2CC1C1CCCC21)C(=O)OCCOCCCSc1nc(=O)[nH]c(=O)[nH]1)C(=O)O)C(=O)OC(C)(C)C.O=c1[nH]c(=O)[nH]c(=S)[nH]1. The number of aromatic amines is 5. The number of fused-ring (bicyclic) bond motifs is 5. The fraction of sp³-hybridized carbons (Fsp3) is 0.767. The Hall–Kier alpha value is -4.37. The summed E-state index contributed by atoms with van der Waals surface area (Å²) in [5.41, 5.74) is -8.74. The van der Waals surface area contributed by atoms with E-state index in [-0.39, 0.29) is 48.5 Å². The Kier molecular flexibility index (Phi) is 17.4. The molecule has 8 atom stereocenters. The second-order valence-corrected chi connectivity index (χ2v) is 21.5. The number of nitrogens with zero attached hydrogens (tertiary/aromatic N) is 1. The van der Waals surface area contributed by atoms with Crippen LogP contribution in [0.4, 0.5) is 0 Å². The van der Waals surface area contributed by atoms with Crippen LogP contribution in [0, 0.1) is 50.1 Å². The molecule has 2 aromatic heterocycles. The molecule has 8 unspecified atom stereocenters. The summed E-state index contributed by atoms with van der Waals surface area (Å²) < 4.78 is 23.4. The van der Waals surface area contributed by atoms with Gasteiger partial charge in [0.15, 0.2) is 9.93 Å². The van der Waals surface area contributed by atoms with E-state index in [9.17, 15) is 43.5 Å². The van der Waals surface area contributed by atoms with Gasteiger partial charge in [0.1, 0.15) is 18.3 Å². The number of thioether (sulfide) groups is 1. The molecule has 3 saturated carbocycles. The van der Waals surface area contributed by atoms with Crippen LogP contribution in [-0.2, 0) is 38.1 Å². The minimum Gasteiger partial charge on any atom is -0.481 e. The molecule has 6 N–H and O–H groups in total. The van der Waals surface area contributed by atoms with E-state index in [1.807, 2.05) is 9.97 Å². The van der Waals surface area contributed by atoms with Crippen molar-refractivity contribution in [2.75, 3.05) is 25.6 Å². The lowest BCUT2D eigenvalue weighted by Gasteiger charge is -2.42. The molecule has 0 amide bonds. The van der Waals surface area contributed by atoms with E-state index in [0.717, 1.165) is 18.8 Å². The summed E-state index contributed by atoms with van der Waals surface area (Å²) in [5.74, 6) is 0.0232. The molecule has 0 spiro atoms. The van der Waals surface area contributed by atoms with Gasteiger partial charge < -0.3 is 24.1 Å². The zero-order valence-corrected chi connectivity index (χ0v) is 40.0. The average molecular weight is 939 g/mol. The summed E-state index contributed by atoms with van der Waals surface area (Å²) in [7, 11) is 0. The molecule has 0 aliphatic heterocycles. The van der Waals surface area contributed by atoms with E-state index in [2.05, 4.69) is 32.2 Å². The summed E-state index contributed by atoms with van der Waals surface area (Å²) in [4.78, 5) is 113. The van der Waals surface area contributed by atoms with Crippen LogP contribution in [0.3, 0.4) is 0 Å². The number of carbonyl (C=O) groups excluding carboxylic acids is 3. The first-order valence-electron chi connectivity index (χ1n) is 21.9. The molecule has 64 heavy (non-hydrogen) atoms.